The highest BCUT2D eigenvalue weighted by molar-refractivity contribution is 5.24. The maximum atomic E-state index is 5.28. The van der Waals surface area contributed by atoms with Gasteiger partial charge >= 0.3 is 0 Å². The van der Waals surface area contributed by atoms with Crippen molar-refractivity contribution in [3.8, 4) is 0 Å². The smallest absolute Gasteiger partial charge is 0.0701 e. The van der Waals surface area contributed by atoms with Crippen LogP contribution >= 0.6 is 0 Å². The van der Waals surface area contributed by atoms with Gasteiger partial charge < -0.3 is 42.6 Å². The van der Waals surface area contributed by atoms with Gasteiger partial charge in [0.15, 0.2) is 0 Å². The van der Waals surface area contributed by atoms with Gasteiger partial charge in [-0.05, 0) is 110 Å². The zero-order valence-electron chi connectivity index (χ0n) is 46.8. The first-order valence-electron chi connectivity index (χ1n) is 27.3. The molecule has 0 heterocycles. The summed E-state index contributed by atoms with van der Waals surface area (Å²) in [5.41, 5.74) is 8.63. The fourth-order valence-electron chi connectivity index (χ4n) is 5.64. The third-order valence-corrected chi connectivity index (χ3v) is 9.78. The molecule has 0 saturated heterocycles. The minimum Gasteiger partial charge on any atom is -0.379 e. The second kappa shape index (κ2) is 61.4. The Morgan fingerprint density at radius 1 is 0.203 bits per heavy atom. The normalized spacial score (nSPS) is 10.3. The molecule has 3 aromatic carbocycles. The molecule has 0 radical (unpaired) electrons. The van der Waals surface area contributed by atoms with E-state index in [0.29, 0.717) is 79.3 Å². The molecule has 3 aromatic rings. The molecule has 0 amide bonds. The molecular formula is C60H108O9. The highest BCUT2D eigenvalue weighted by Gasteiger charge is 1.94. The van der Waals surface area contributed by atoms with Gasteiger partial charge in [0.1, 0.15) is 0 Å². The van der Waals surface area contributed by atoms with E-state index in [2.05, 4.69) is 156 Å². The number of ether oxygens (including phenoxy) is 9. The van der Waals surface area contributed by atoms with E-state index in [1.165, 1.54) is 33.4 Å². The molecule has 0 saturated carbocycles. The van der Waals surface area contributed by atoms with E-state index in [1.807, 2.05) is 0 Å². The third-order valence-electron chi connectivity index (χ3n) is 9.78. The first kappa shape index (κ1) is 70.6. The Kier molecular flexibility index (Phi) is 62.8. The number of aryl methyl sites for hydroxylation is 6. The third kappa shape index (κ3) is 54.5. The van der Waals surface area contributed by atoms with Crippen LogP contribution < -0.4 is 0 Å². The zero-order valence-corrected chi connectivity index (χ0v) is 46.8. The van der Waals surface area contributed by atoms with Crippen molar-refractivity contribution < 1.29 is 42.6 Å². The summed E-state index contributed by atoms with van der Waals surface area (Å²) in [6, 6.07) is 26.4. The second-order valence-corrected chi connectivity index (χ2v) is 16.1. The van der Waals surface area contributed by atoms with Crippen molar-refractivity contribution in [3.63, 3.8) is 0 Å². The summed E-state index contributed by atoms with van der Waals surface area (Å²) in [6.45, 7) is 38.9. The van der Waals surface area contributed by atoms with E-state index >= 15 is 0 Å². The quantitative estimate of drug-likeness (QED) is 0.0529. The minimum atomic E-state index is 0.676. The van der Waals surface area contributed by atoms with Crippen molar-refractivity contribution in [2.45, 2.75) is 160 Å². The maximum absolute atomic E-state index is 5.28. The highest BCUT2D eigenvalue weighted by atomic mass is 16.6. The molecule has 0 spiro atoms. The van der Waals surface area contributed by atoms with Gasteiger partial charge in [-0.3, -0.25) is 0 Å². The van der Waals surface area contributed by atoms with Gasteiger partial charge in [-0.25, -0.2) is 0 Å². The molecule has 0 bridgehead atoms. The van der Waals surface area contributed by atoms with Gasteiger partial charge in [-0.15, -0.1) is 0 Å². The van der Waals surface area contributed by atoms with Crippen molar-refractivity contribution in [1.82, 2.24) is 0 Å². The van der Waals surface area contributed by atoms with Crippen LogP contribution in [0, 0.1) is 0 Å². The molecule has 0 aromatic heterocycles. The van der Waals surface area contributed by atoms with Crippen LogP contribution in [-0.2, 0) is 81.2 Å². The fourth-order valence-corrected chi connectivity index (χ4v) is 5.64. The number of benzene rings is 3. The molecule has 0 unspecified atom stereocenters. The first-order chi connectivity index (χ1) is 33.8. The van der Waals surface area contributed by atoms with E-state index in [-0.39, 0.29) is 0 Å². The summed E-state index contributed by atoms with van der Waals surface area (Å²) >= 11 is 0. The highest BCUT2D eigenvalue weighted by Crippen LogP contribution is 2.07. The first-order valence-corrected chi connectivity index (χ1v) is 27.3. The lowest BCUT2D eigenvalue weighted by atomic mass is 10.1. The molecular weight excluding hydrogens is 865 g/mol. The van der Waals surface area contributed by atoms with Crippen molar-refractivity contribution in [2.24, 2.45) is 0 Å². The Morgan fingerprint density at radius 3 is 0.507 bits per heavy atom. The van der Waals surface area contributed by atoms with E-state index in [4.69, 9.17) is 42.6 Å². The van der Waals surface area contributed by atoms with Gasteiger partial charge in [0.05, 0.1) is 79.3 Å². The molecule has 0 fully saturated rings. The molecule has 0 atom stereocenters. The number of hydrogen-bond acceptors (Lipinski definition) is 9. The van der Waals surface area contributed by atoms with E-state index in [1.54, 1.807) is 0 Å². The van der Waals surface area contributed by atoms with Crippen molar-refractivity contribution >= 4 is 0 Å². The van der Waals surface area contributed by atoms with Crippen LogP contribution in [-0.4, -0.2) is 119 Å². The Bertz CT molecular complexity index is 1180. The fraction of sp³-hybridized carbons (Fsp3) is 0.700. The lowest BCUT2D eigenvalue weighted by Crippen LogP contribution is -2.09. The van der Waals surface area contributed by atoms with Crippen LogP contribution in [0.1, 0.15) is 155 Å². The van der Waals surface area contributed by atoms with E-state index < -0.39 is 0 Å². The predicted molar refractivity (Wildman–Crippen MR) is 295 cm³/mol. The Morgan fingerprint density at radius 2 is 0.362 bits per heavy atom. The Hall–Kier alpha value is -2.70. The molecule has 0 aliphatic carbocycles. The van der Waals surface area contributed by atoms with Crippen molar-refractivity contribution in [3.05, 3.63) is 106 Å². The van der Waals surface area contributed by atoms with Crippen LogP contribution in [0.3, 0.4) is 0 Å². The van der Waals surface area contributed by atoms with E-state index in [9.17, 15) is 0 Å². The van der Waals surface area contributed by atoms with Crippen molar-refractivity contribution in [2.75, 3.05) is 119 Å². The lowest BCUT2D eigenvalue weighted by Gasteiger charge is -2.05. The van der Waals surface area contributed by atoms with Crippen LogP contribution in [0.5, 0.6) is 0 Å². The standard InChI is InChI=1S/3C10H22O3.3C10H14/c3*1-3-5-11-7-9-13-10-8-12-6-4-2;1-3-9-5-7-10(4-2)8-6-9;2*1-3-9-6-5-7-10(4-2)8-9/h3*3-10H2,1-2H3;3*5-8H,3-4H2,1-2H3. The van der Waals surface area contributed by atoms with Crippen LogP contribution in [0.4, 0.5) is 0 Å². The van der Waals surface area contributed by atoms with Gasteiger partial charge in [0.25, 0.3) is 0 Å². The SMILES string of the molecule is CCCOCCOCCOCCC.CCCOCCOCCOCCC.CCCOCCOCCOCCC.CCc1ccc(CC)cc1.CCc1cccc(CC)c1.CCc1cccc(CC)c1. The largest absolute Gasteiger partial charge is 0.379 e. The van der Waals surface area contributed by atoms with Gasteiger partial charge in [-0.1, -0.05) is 156 Å². The van der Waals surface area contributed by atoms with Crippen LogP contribution in [0.15, 0.2) is 72.8 Å². The predicted octanol–water partition coefficient (Wildman–Crippen LogP) is 14.0. The Labute approximate surface area is 426 Å². The molecule has 0 aliphatic heterocycles. The Balaban J connectivity index is -0.000000760. The molecule has 9 nitrogen and oxygen atoms in total. The molecule has 69 heavy (non-hydrogen) atoms. The molecule has 0 aliphatic rings. The topological polar surface area (TPSA) is 83.1 Å². The summed E-state index contributed by atoms with van der Waals surface area (Å²) < 4.78 is 47.3. The second-order valence-electron chi connectivity index (χ2n) is 16.1. The lowest BCUT2D eigenvalue weighted by molar-refractivity contribution is 0.0148. The van der Waals surface area contributed by atoms with E-state index in [0.717, 1.165) is 117 Å². The maximum Gasteiger partial charge on any atom is 0.0701 e. The van der Waals surface area contributed by atoms with Gasteiger partial charge in [0.2, 0.25) is 0 Å². The van der Waals surface area contributed by atoms with Crippen LogP contribution in [0.2, 0.25) is 0 Å². The average Bonchev–Trinajstić information content (AvgIpc) is 3.40. The monoisotopic (exact) mass is 973 g/mol. The molecule has 402 valence electrons. The average molecular weight is 974 g/mol. The summed E-state index contributed by atoms with van der Waals surface area (Å²) in [5.74, 6) is 0. The van der Waals surface area contributed by atoms with Gasteiger partial charge in [-0.2, -0.15) is 0 Å². The molecule has 0 N–H and O–H groups in total. The van der Waals surface area contributed by atoms with Crippen molar-refractivity contribution in [1.29, 1.82) is 0 Å². The molecule has 3 rings (SSSR count). The summed E-state index contributed by atoms with van der Waals surface area (Å²) in [6.07, 6.45) is 13.3. The summed E-state index contributed by atoms with van der Waals surface area (Å²) in [4.78, 5) is 0. The zero-order chi connectivity index (χ0) is 51.5. The summed E-state index contributed by atoms with van der Waals surface area (Å²) in [7, 11) is 0. The van der Waals surface area contributed by atoms with Gasteiger partial charge in [0, 0.05) is 39.6 Å². The number of hydrogen-bond donors (Lipinski definition) is 0. The number of rotatable bonds is 36. The molecule has 9 heteroatoms. The summed E-state index contributed by atoms with van der Waals surface area (Å²) in [5, 5.41) is 0. The minimum absolute atomic E-state index is 0.676. The van der Waals surface area contributed by atoms with Crippen LogP contribution in [0.25, 0.3) is 0 Å².